The second-order valence-corrected chi connectivity index (χ2v) is 8.20. The second kappa shape index (κ2) is 8.01. The molecular weight excluding hydrogens is 446 g/mol. The summed E-state index contributed by atoms with van der Waals surface area (Å²) in [7, 11) is 0. The fourth-order valence-corrected chi connectivity index (χ4v) is 4.44. The minimum absolute atomic E-state index is 0.141. The van der Waals surface area contributed by atoms with Crippen molar-refractivity contribution in [1.29, 1.82) is 0 Å². The third-order valence-electron chi connectivity index (χ3n) is 5.33. The second-order valence-electron chi connectivity index (χ2n) is 7.47. The smallest absolute Gasteiger partial charge is 0.243 e. The highest BCUT2D eigenvalue weighted by Gasteiger charge is 2.31. The molecule has 0 bridgehead atoms. The molecule has 166 valence electrons. The maximum absolute atomic E-state index is 14.9. The Kier molecular flexibility index (Phi) is 5.16. The number of halogens is 4. The van der Waals surface area contributed by atoms with Crippen LogP contribution in [0.4, 0.5) is 28.6 Å². The van der Waals surface area contributed by atoms with Crippen LogP contribution < -0.4 is 10.2 Å². The number of nitrogens with zero attached hydrogens (tertiary/aromatic N) is 6. The molecule has 1 aliphatic heterocycles. The van der Waals surface area contributed by atoms with E-state index in [0.717, 1.165) is 12.1 Å². The van der Waals surface area contributed by atoms with Crippen LogP contribution in [0, 0.1) is 24.4 Å². The summed E-state index contributed by atoms with van der Waals surface area (Å²) in [6, 6.07) is 4.59. The highest BCUT2D eigenvalue weighted by molar-refractivity contribution is 7.09. The molecule has 1 fully saturated rings. The number of fused-ring (bicyclic) bond motifs is 1. The van der Waals surface area contributed by atoms with Gasteiger partial charge < -0.3 is 10.2 Å². The van der Waals surface area contributed by atoms with Crippen molar-refractivity contribution in [3.8, 4) is 11.1 Å². The summed E-state index contributed by atoms with van der Waals surface area (Å²) >= 11 is 1.24. The Bertz CT molecular complexity index is 1290. The SMILES string of the molecule is Cc1nsc(N2CCC(Nc3nc4c(-c5ccc(F)c(F)c5F)cccn4n3)[C@@H](F)C2)n1. The number of hydrogen-bond acceptors (Lipinski definition) is 7. The molecule has 32 heavy (non-hydrogen) atoms. The van der Waals surface area contributed by atoms with Gasteiger partial charge in [-0.25, -0.2) is 27.1 Å². The van der Waals surface area contributed by atoms with E-state index in [1.807, 2.05) is 4.90 Å². The lowest BCUT2D eigenvalue weighted by Crippen LogP contribution is -2.48. The normalized spacial score (nSPS) is 19.0. The number of nitrogens with one attached hydrogen (secondary N) is 1. The lowest BCUT2D eigenvalue weighted by molar-refractivity contribution is 0.263. The first-order valence-electron chi connectivity index (χ1n) is 9.86. The minimum atomic E-state index is -1.56. The first-order valence-corrected chi connectivity index (χ1v) is 10.6. The van der Waals surface area contributed by atoms with E-state index in [1.165, 1.54) is 22.1 Å². The topological polar surface area (TPSA) is 71.2 Å². The summed E-state index contributed by atoms with van der Waals surface area (Å²) in [5, 5.41) is 7.97. The predicted molar refractivity (Wildman–Crippen MR) is 112 cm³/mol. The fourth-order valence-electron chi connectivity index (χ4n) is 3.73. The maximum atomic E-state index is 14.9. The zero-order valence-corrected chi connectivity index (χ0v) is 17.6. The molecule has 0 spiro atoms. The van der Waals surface area contributed by atoms with Gasteiger partial charge in [0, 0.05) is 35.4 Å². The van der Waals surface area contributed by atoms with Crippen molar-refractivity contribution in [2.24, 2.45) is 0 Å². The van der Waals surface area contributed by atoms with Gasteiger partial charge in [0.25, 0.3) is 0 Å². The van der Waals surface area contributed by atoms with Crippen LogP contribution in [0.3, 0.4) is 0 Å². The van der Waals surface area contributed by atoms with Gasteiger partial charge in [0.2, 0.25) is 11.1 Å². The zero-order chi connectivity index (χ0) is 22.4. The van der Waals surface area contributed by atoms with Crippen LogP contribution in [0.15, 0.2) is 30.5 Å². The largest absolute Gasteiger partial charge is 0.347 e. The number of benzene rings is 1. The van der Waals surface area contributed by atoms with Gasteiger partial charge >= 0.3 is 0 Å². The number of aromatic nitrogens is 5. The standard InChI is InChI=1S/C20H17F4N7S/c1-10-25-20(32-29-10)30-8-6-15(14(22)9-30)26-19-27-18-12(3-2-7-31(18)28-19)11-4-5-13(21)17(24)16(11)23/h2-5,7,14-15H,6,8-9H2,1H3,(H,26,28)/t14-,15?/m0/s1. The molecule has 4 aromatic rings. The molecule has 1 aliphatic rings. The molecule has 12 heteroatoms. The van der Waals surface area contributed by atoms with Gasteiger partial charge in [-0.3, -0.25) is 0 Å². The first-order chi connectivity index (χ1) is 15.4. The molecule has 2 atom stereocenters. The van der Waals surface area contributed by atoms with E-state index in [-0.39, 0.29) is 29.3 Å². The van der Waals surface area contributed by atoms with E-state index in [9.17, 15) is 17.6 Å². The van der Waals surface area contributed by atoms with E-state index < -0.39 is 29.7 Å². The molecule has 4 heterocycles. The summed E-state index contributed by atoms with van der Waals surface area (Å²) in [6.07, 6.45) is 0.866. The van der Waals surface area contributed by atoms with Gasteiger partial charge in [-0.2, -0.15) is 9.36 Å². The summed E-state index contributed by atoms with van der Waals surface area (Å²) in [6.45, 7) is 2.53. The summed E-state index contributed by atoms with van der Waals surface area (Å²) in [5.74, 6) is -3.32. The van der Waals surface area contributed by atoms with Crippen LogP contribution >= 0.6 is 11.5 Å². The van der Waals surface area contributed by atoms with Gasteiger partial charge in [-0.05, 0) is 37.6 Å². The van der Waals surface area contributed by atoms with Gasteiger partial charge in [-0.15, -0.1) is 5.10 Å². The Balaban J connectivity index is 1.38. The Hall–Kier alpha value is -3.28. The third kappa shape index (κ3) is 3.64. The molecule has 0 saturated carbocycles. The van der Waals surface area contributed by atoms with Gasteiger partial charge in [0.05, 0.1) is 12.6 Å². The van der Waals surface area contributed by atoms with Crippen molar-refractivity contribution in [2.75, 3.05) is 23.3 Å². The summed E-state index contributed by atoms with van der Waals surface area (Å²) < 4.78 is 61.8. The number of hydrogen-bond donors (Lipinski definition) is 1. The number of rotatable bonds is 4. The highest BCUT2D eigenvalue weighted by Crippen LogP contribution is 2.30. The van der Waals surface area contributed by atoms with Gasteiger partial charge in [-0.1, -0.05) is 0 Å². The van der Waals surface area contributed by atoms with Crippen molar-refractivity contribution < 1.29 is 17.6 Å². The van der Waals surface area contributed by atoms with Crippen LogP contribution in [-0.2, 0) is 0 Å². The van der Waals surface area contributed by atoms with E-state index in [2.05, 4.69) is 24.8 Å². The Morgan fingerprint density at radius 2 is 1.94 bits per heavy atom. The molecule has 0 amide bonds. The predicted octanol–water partition coefficient (Wildman–Crippen LogP) is 4.00. The third-order valence-corrected chi connectivity index (χ3v) is 6.20. The first kappa shape index (κ1) is 20.6. The van der Waals surface area contributed by atoms with E-state index >= 15 is 0 Å². The van der Waals surface area contributed by atoms with E-state index in [0.29, 0.717) is 23.9 Å². The number of pyridine rings is 1. The molecule has 1 N–H and O–H groups in total. The van der Waals surface area contributed by atoms with Crippen LogP contribution in [-0.4, -0.2) is 49.3 Å². The number of piperidine rings is 1. The van der Waals surface area contributed by atoms with E-state index in [1.54, 1.807) is 19.2 Å². The maximum Gasteiger partial charge on any atom is 0.243 e. The average Bonchev–Trinajstić information content (AvgIpc) is 3.39. The molecule has 7 nitrogen and oxygen atoms in total. The molecule has 1 unspecified atom stereocenters. The molecule has 3 aromatic heterocycles. The molecule has 5 rings (SSSR count). The number of alkyl halides is 1. The quantitative estimate of drug-likeness (QED) is 0.364. The Morgan fingerprint density at radius 3 is 2.69 bits per heavy atom. The summed E-state index contributed by atoms with van der Waals surface area (Å²) in [5.41, 5.74) is 0.331. The molecular formula is C20H17F4N7S. The van der Waals surface area contributed by atoms with Crippen LogP contribution in [0.1, 0.15) is 12.2 Å². The number of aryl methyl sites for hydroxylation is 1. The molecule has 0 radical (unpaired) electrons. The fraction of sp³-hybridized carbons (Fsp3) is 0.300. The van der Waals surface area contributed by atoms with Gasteiger partial charge in [0.1, 0.15) is 12.0 Å². The van der Waals surface area contributed by atoms with Crippen LogP contribution in [0.25, 0.3) is 16.8 Å². The van der Waals surface area contributed by atoms with Crippen molar-refractivity contribution in [3.63, 3.8) is 0 Å². The Morgan fingerprint density at radius 1 is 1.09 bits per heavy atom. The highest BCUT2D eigenvalue weighted by atomic mass is 32.1. The van der Waals surface area contributed by atoms with Gasteiger partial charge in [0.15, 0.2) is 23.1 Å². The lowest BCUT2D eigenvalue weighted by atomic mass is 10.0. The van der Waals surface area contributed by atoms with Crippen LogP contribution in [0.5, 0.6) is 0 Å². The average molecular weight is 463 g/mol. The Labute approximate surface area is 183 Å². The monoisotopic (exact) mass is 463 g/mol. The van der Waals surface area contributed by atoms with Crippen molar-refractivity contribution in [2.45, 2.75) is 25.6 Å². The van der Waals surface area contributed by atoms with Crippen LogP contribution in [0.2, 0.25) is 0 Å². The summed E-state index contributed by atoms with van der Waals surface area (Å²) in [4.78, 5) is 10.5. The molecule has 1 aromatic carbocycles. The lowest BCUT2D eigenvalue weighted by Gasteiger charge is -2.34. The molecule has 1 saturated heterocycles. The van der Waals surface area contributed by atoms with E-state index in [4.69, 9.17) is 0 Å². The van der Waals surface area contributed by atoms with Crippen molar-refractivity contribution >= 4 is 28.3 Å². The van der Waals surface area contributed by atoms with Crippen molar-refractivity contribution in [3.05, 3.63) is 53.7 Å². The minimum Gasteiger partial charge on any atom is -0.347 e. The zero-order valence-electron chi connectivity index (χ0n) is 16.8. The number of anilines is 2. The molecule has 0 aliphatic carbocycles. The van der Waals surface area contributed by atoms with Crippen molar-refractivity contribution in [1.82, 2.24) is 24.0 Å².